The van der Waals surface area contributed by atoms with E-state index in [1.165, 1.54) is 6.07 Å². The molecule has 0 saturated heterocycles. The SMILES string of the molecule is O=C(O)c1cccc2c1Oc1cc(Br)ccc1O2. The van der Waals surface area contributed by atoms with E-state index in [-0.39, 0.29) is 11.3 Å². The van der Waals surface area contributed by atoms with E-state index in [1.54, 1.807) is 24.3 Å². The van der Waals surface area contributed by atoms with Crippen molar-refractivity contribution in [3.05, 3.63) is 46.4 Å². The van der Waals surface area contributed by atoms with Crippen molar-refractivity contribution in [2.45, 2.75) is 0 Å². The highest BCUT2D eigenvalue weighted by Crippen LogP contribution is 2.47. The Morgan fingerprint density at radius 3 is 2.67 bits per heavy atom. The Hall–Kier alpha value is -2.01. The third-order valence-electron chi connectivity index (χ3n) is 2.55. The van der Waals surface area contributed by atoms with Gasteiger partial charge in [0.1, 0.15) is 5.56 Å². The smallest absolute Gasteiger partial charge is 0.339 e. The minimum absolute atomic E-state index is 0.0816. The Morgan fingerprint density at radius 2 is 1.89 bits per heavy atom. The van der Waals surface area contributed by atoms with Crippen molar-refractivity contribution in [1.29, 1.82) is 0 Å². The monoisotopic (exact) mass is 306 g/mol. The van der Waals surface area contributed by atoms with Gasteiger partial charge in [0, 0.05) is 4.47 Å². The number of para-hydroxylation sites is 1. The van der Waals surface area contributed by atoms with E-state index >= 15 is 0 Å². The highest BCUT2D eigenvalue weighted by molar-refractivity contribution is 9.10. The molecule has 3 rings (SSSR count). The Balaban J connectivity index is 2.14. The molecule has 5 heteroatoms. The quantitative estimate of drug-likeness (QED) is 0.737. The van der Waals surface area contributed by atoms with Crippen LogP contribution in [0.25, 0.3) is 0 Å². The molecule has 90 valence electrons. The molecule has 0 unspecified atom stereocenters. The minimum atomic E-state index is -1.05. The maximum absolute atomic E-state index is 11.1. The molecule has 0 amide bonds. The summed E-state index contributed by atoms with van der Waals surface area (Å²) in [5.74, 6) is 0.646. The van der Waals surface area contributed by atoms with Crippen molar-refractivity contribution in [2.24, 2.45) is 0 Å². The van der Waals surface area contributed by atoms with Gasteiger partial charge in [0.15, 0.2) is 23.0 Å². The third kappa shape index (κ3) is 1.73. The average molecular weight is 307 g/mol. The molecule has 0 bridgehead atoms. The molecule has 0 spiro atoms. The van der Waals surface area contributed by atoms with Crippen molar-refractivity contribution in [3.63, 3.8) is 0 Å². The van der Waals surface area contributed by atoms with Crippen molar-refractivity contribution in [3.8, 4) is 23.0 Å². The van der Waals surface area contributed by atoms with Crippen molar-refractivity contribution < 1.29 is 19.4 Å². The molecule has 0 fully saturated rings. The first-order valence-electron chi connectivity index (χ1n) is 5.17. The van der Waals surface area contributed by atoms with Crippen LogP contribution in [0.15, 0.2) is 40.9 Å². The first kappa shape index (κ1) is 11.1. The number of fused-ring (bicyclic) bond motifs is 2. The Bertz CT molecular complexity index is 651. The van der Waals surface area contributed by atoms with Gasteiger partial charge < -0.3 is 14.6 Å². The van der Waals surface area contributed by atoms with Gasteiger partial charge in [-0.05, 0) is 30.3 Å². The van der Waals surface area contributed by atoms with E-state index in [4.69, 9.17) is 14.6 Å². The van der Waals surface area contributed by atoms with Crippen molar-refractivity contribution in [2.75, 3.05) is 0 Å². The van der Waals surface area contributed by atoms with Crippen LogP contribution < -0.4 is 9.47 Å². The lowest BCUT2D eigenvalue weighted by Gasteiger charge is -2.21. The minimum Gasteiger partial charge on any atom is -0.478 e. The summed E-state index contributed by atoms with van der Waals surface area (Å²) in [7, 11) is 0. The summed E-state index contributed by atoms with van der Waals surface area (Å²) >= 11 is 3.33. The standard InChI is InChI=1S/C13H7BrO4/c14-7-4-5-9-11(6-7)18-12-8(13(15)16)2-1-3-10(12)17-9/h1-6H,(H,15,16). The first-order chi connectivity index (χ1) is 8.65. The van der Waals surface area contributed by atoms with Gasteiger partial charge in [-0.15, -0.1) is 0 Å². The van der Waals surface area contributed by atoms with Crippen molar-refractivity contribution >= 4 is 21.9 Å². The van der Waals surface area contributed by atoms with E-state index in [0.717, 1.165) is 4.47 Å². The number of rotatable bonds is 1. The van der Waals surface area contributed by atoms with Gasteiger partial charge >= 0.3 is 5.97 Å². The van der Waals surface area contributed by atoms with Gasteiger partial charge in [0.25, 0.3) is 0 Å². The second-order valence-corrected chi connectivity index (χ2v) is 4.65. The number of carbonyl (C=O) groups is 1. The molecule has 0 aromatic heterocycles. The van der Waals surface area contributed by atoms with Crippen LogP contribution in [0.1, 0.15) is 10.4 Å². The van der Waals surface area contributed by atoms with Gasteiger partial charge in [-0.2, -0.15) is 0 Å². The van der Waals surface area contributed by atoms with E-state index < -0.39 is 5.97 Å². The Morgan fingerprint density at radius 1 is 1.06 bits per heavy atom. The van der Waals surface area contributed by atoms with E-state index in [0.29, 0.717) is 17.2 Å². The highest BCUT2D eigenvalue weighted by atomic mass is 79.9. The van der Waals surface area contributed by atoms with Crippen LogP contribution in [0.5, 0.6) is 23.0 Å². The van der Waals surface area contributed by atoms with Crippen LogP contribution in [-0.2, 0) is 0 Å². The number of hydrogen-bond donors (Lipinski definition) is 1. The van der Waals surface area contributed by atoms with E-state index in [1.807, 2.05) is 6.07 Å². The van der Waals surface area contributed by atoms with Crippen molar-refractivity contribution in [1.82, 2.24) is 0 Å². The zero-order chi connectivity index (χ0) is 12.7. The lowest BCUT2D eigenvalue weighted by Crippen LogP contribution is -2.05. The fourth-order valence-corrected chi connectivity index (χ4v) is 2.08. The first-order valence-corrected chi connectivity index (χ1v) is 5.96. The molecule has 1 N–H and O–H groups in total. The normalized spacial score (nSPS) is 11.8. The summed E-state index contributed by atoms with van der Waals surface area (Å²) in [4.78, 5) is 11.1. The number of halogens is 1. The summed E-state index contributed by atoms with van der Waals surface area (Å²) in [6, 6.07) is 10.1. The van der Waals surface area contributed by atoms with Gasteiger partial charge in [-0.25, -0.2) is 4.79 Å². The molecule has 4 nitrogen and oxygen atoms in total. The molecular formula is C13H7BrO4. The zero-order valence-electron chi connectivity index (χ0n) is 9.01. The Labute approximate surface area is 111 Å². The fraction of sp³-hybridized carbons (Fsp3) is 0. The van der Waals surface area contributed by atoms with Crippen LogP contribution in [-0.4, -0.2) is 11.1 Å². The van der Waals surface area contributed by atoms with Crippen LogP contribution in [0.4, 0.5) is 0 Å². The molecule has 2 aromatic rings. The van der Waals surface area contributed by atoms with Crippen LogP contribution in [0.2, 0.25) is 0 Å². The lowest BCUT2D eigenvalue weighted by molar-refractivity contribution is 0.0693. The molecule has 2 aromatic carbocycles. The topological polar surface area (TPSA) is 55.8 Å². The summed E-state index contributed by atoms with van der Waals surface area (Å²) in [6.45, 7) is 0. The molecule has 0 atom stereocenters. The second-order valence-electron chi connectivity index (χ2n) is 3.73. The molecule has 1 heterocycles. The predicted octanol–water partition coefficient (Wildman–Crippen LogP) is 4.05. The molecule has 0 saturated carbocycles. The highest BCUT2D eigenvalue weighted by Gasteiger charge is 2.24. The predicted molar refractivity (Wildman–Crippen MR) is 67.7 cm³/mol. The summed E-state index contributed by atoms with van der Waals surface area (Å²) < 4.78 is 12.1. The molecule has 1 aliphatic rings. The summed E-state index contributed by atoms with van der Waals surface area (Å²) in [6.07, 6.45) is 0. The van der Waals surface area contributed by atoms with Gasteiger partial charge in [-0.1, -0.05) is 22.0 Å². The average Bonchev–Trinajstić information content (AvgIpc) is 2.35. The number of benzene rings is 2. The maximum Gasteiger partial charge on any atom is 0.339 e. The number of hydrogen-bond acceptors (Lipinski definition) is 3. The molecule has 18 heavy (non-hydrogen) atoms. The maximum atomic E-state index is 11.1. The van der Waals surface area contributed by atoms with E-state index in [2.05, 4.69) is 15.9 Å². The van der Waals surface area contributed by atoms with Gasteiger partial charge in [0.2, 0.25) is 0 Å². The molecular weight excluding hydrogens is 300 g/mol. The summed E-state index contributed by atoms with van der Waals surface area (Å²) in [5, 5.41) is 9.10. The lowest BCUT2D eigenvalue weighted by atomic mass is 10.1. The van der Waals surface area contributed by atoms with Crippen LogP contribution in [0.3, 0.4) is 0 Å². The Kier molecular flexibility index (Phi) is 2.48. The number of aromatic carboxylic acids is 1. The largest absolute Gasteiger partial charge is 0.478 e. The van der Waals surface area contributed by atoms with Gasteiger partial charge in [0.05, 0.1) is 0 Å². The van der Waals surface area contributed by atoms with Crippen LogP contribution >= 0.6 is 15.9 Å². The second kappa shape index (κ2) is 4.03. The van der Waals surface area contributed by atoms with E-state index in [9.17, 15) is 4.79 Å². The van der Waals surface area contributed by atoms with Gasteiger partial charge in [-0.3, -0.25) is 0 Å². The number of carboxylic acid groups (broad SMARTS) is 1. The number of carboxylic acids is 1. The third-order valence-corrected chi connectivity index (χ3v) is 3.04. The molecule has 0 radical (unpaired) electrons. The zero-order valence-corrected chi connectivity index (χ0v) is 10.6. The molecule has 1 aliphatic heterocycles. The summed E-state index contributed by atoms with van der Waals surface area (Å²) in [5.41, 5.74) is 0.0816. The fourth-order valence-electron chi connectivity index (χ4n) is 1.74. The molecule has 0 aliphatic carbocycles. The van der Waals surface area contributed by atoms with Crippen LogP contribution in [0, 0.1) is 0 Å². The number of ether oxygens (including phenoxy) is 2.